The number of aryl methyl sites for hydroxylation is 2. The molecule has 4 rings (SSSR count). The Morgan fingerprint density at radius 1 is 1.07 bits per heavy atom. The second kappa shape index (κ2) is 6.91. The van der Waals surface area contributed by atoms with Crippen molar-refractivity contribution in [3.63, 3.8) is 0 Å². The fraction of sp³-hybridized carbons (Fsp3) is 0.273. The third kappa shape index (κ3) is 3.21. The van der Waals surface area contributed by atoms with Gasteiger partial charge in [0, 0.05) is 48.9 Å². The van der Waals surface area contributed by atoms with E-state index in [2.05, 4.69) is 12.1 Å². The van der Waals surface area contributed by atoms with E-state index in [-0.39, 0.29) is 11.7 Å². The van der Waals surface area contributed by atoms with Gasteiger partial charge < -0.3 is 10.0 Å². The zero-order chi connectivity index (χ0) is 19.0. The summed E-state index contributed by atoms with van der Waals surface area (Å²) in [6.07, 6.45) is 1.55. The second-order valence-electron chi connectivity index (χ2n) is 7.06. The number of carbonyl (C=O) groups excluding carboxylic acids is 1. The van der Waals surface area contributed by atoms with E-state index < -0.39 is 0 Å². The number of fused-ring (bicyclic) bond motifs is 1. The van der Waals surface area contributed by atoms with Crippen molar-refractivity contribution in [2.75, 3.05) is 13.1 Å². The van der Waals surface area contributed by atoms with Crippen LogP contribution in [0.4, 0.5) is 0 Å². The summed E-state index contributed by atoms with van der Waals surface area (Å²) < 4.78 is 1.95. The van der Waals surface area contributed by atoms with Gasteiger partial charge in [0.25, 0.3) is 5.91 Å². The highest BCUT2D eigenvalue weighted by Crippen LogP contribution is 2.28. The molecule has 0 radical (unpaired) electrons. The maximum absolute atomic E-state index is 12.9. The van der Waals surface area contributed by atoms with Gasteiger partial charge in [-0.1, -0.05) is 36.4 Å². The lowest BCUT2D eigenvalue weighted by molar-refractivity contribution is 0.0762. The number of phenols is 1. The molecule has 2 aromatic carbocycles. The molecule has 0 saturated carbocycles. The van der Waals surface area contributed by atoms with E-state index in [1.54, 1.807) is 18.2 Å². The van der Waals surface area contributed by atoms with Crippen molar-refractivity contribution >= 4 is 5.91 Å². The van der Waals surface area contributed by atoms with Crippen molar-refractivity contribution in [1.29, 1.82) is 0 Å². The molecule has 1 aliphatic rings. The number of nitrogens with zero attached hydrogens (tertiary/aromatic N) is 3. The highest BCUT2D eigenvalue weighted by atomic mass is 16.3. The molecule has 0 spiro atoms. The van der Waals surface area contributed by atoms with Crippen LogP contribution in [0, 0.1) is 6.92 Å². The van der Waals surface area contributed by atoms with Crippen molar-refractivity contribution in [2.24, 2.45) is 7.05 Å². The van der Waals surface area contributed by atoms with Gasteiger partial charge in [0.2, 0.25) is 0 Å². The van der Waals surface area contributed by atoms with Gasteiger partial charge >= 0.3 is 0 Å². The fourth-order valence-electron chi connectivity index (χ4n) is 3.73. The Labute approximate surface area is 158 Å². The first-order valence-corrected chi connectivity index (χ1v) is 9.23. The number of carbonyl (C=O) groups is 1. The fourth-order valence-corrected chi connectivity index (χ4v) is 3.73. The Balaban J connectivity index is 1.60. The Morgan fingerprint density at radius 2 is 1.81 bits per heavy atom. The number of aromatic nitrogens is 2. The molecule has 5 heteroatoms. The molecule has 1 aromatic heterocycles. The van der Waals surface area contributed by atoms with Gasteiger partial charge in [0.15, 0.2) is 0 Å². The van der Waals surface area contributed by atoms with Crippen LogP contribution in [0.1, 0.15) is 27.2 Å². The number of benzene rings is 2. The number of amides is 1. The summed E-state index contributed by atoms with van der Waals surface area (Å²) in [5.41, 5.74) is 5.84. The van der Waals surface area contributed by atoms with Crippen LogP contribution >= 0.6 is 0 Å². The third-order valence-electron chi connectivity index (χ3n) is 5.32. The van der Waals surface area contributed by atoms with Gasteiger partial charge in [-0.15, -0.1) is 0 Å². The Kier molecular flexibility index (Phi) is 4.44. The Morgan fingerprint density at radius 3 is 2.56 bits per heavy atom. The smallest absolute Gasteiger partial charge is 0.254 e. The van der Waals surface area contributed by atoms with E-state index in [1.165, 1.54) is 11.3 Å². The molecule has 2 heterocycles. The van der Waals surface area contributed by atoms with Crippen molar-refractivity contribution in [1.82, 2.24) is 14.7 Å². The molecule has 138 valence electrons. The molecule has 1 amide bonds. The number of hydrogen-bond acceptors (Lipinski definition) is 3. The van der Waals surface area contributed by atoms with Crippen molar-refractivity contribution in [3.05, 3.63) is 70.9 Å². The molecule has 27 heavy (non-hydrogen) atoms. The van der Waals surface area contributed by atoms with E-state index in [9.17, 15) is 9.90 Å². The average molecular weight is 361 g/mol. The lowest BCUT2D eigenvalue weighted by Gasteiger charge is -2.21. The van der Waals surface area contributed by atoms with Crippen LogP contribution in [0.25, 0.3) is 11.3 Å². The van der Waals surface area contributed by atoms with E-state index >= 15 is 0 Å². The highest BCUT2D eigenvalue weighted by Gasteiger charge is 2.25. The van der Waals surface area contributed by atoms with Crippen molar-refractivity contribution in [2.45, 2.75) is 19.8 Å². The third-order valence-corrected chi connectivity index (χ3v) is 5.32. The highest BCUT2D eigenvalue weighted by molar-refractivity contribution is 5.94. The summed E-state index contributed by atoms with van der Waals surface area (Å²) in [6, 6.07) is 15.3. The maximum atomic E-state index is 12.9. The Bertz CT molecular complexity index is 992. The molecule has 3 aromatic rings. The normalized spacial score (nSPS) is 13.9. The molecular weight excluding hydrogens is 338 g/mol. The Hall–Kier alpha value is -3.08. The number of aromatic hydroxyl groups is 1. The van der Waals surface area contributed by atoms with E-state index in [1.807, 2.05) is 41.8 Å². The molecule has 1 aliphatic heterocycles. The van der Waals surface area contributed by atoms with Crippen LogP contribution in [0.15, 0.2) is 48.5 Å². The summed E-state index contributed by atoms with van der Waals surface area (Å²) in [6.45, 7) is 3.12. The second-order valence-corrected chi connectivity index (χ2v) is 7.06. The quantitative estimate of drug-likeness (QED) is 0.762. The monoisotopic (exact) mass is 361 g/mol. The molecule has 0 saturated heterocycles. The zero-order valence-electron chi connectivity index (χ0n) is 15.6. The average Bonchev–Trinajstić information content (AvgIpc) is 2.86. The lowest BCUT2D eigenvalue weighted by Crippen LogP contribution is -2.33. The lowest BCUT2D eigenvalue weighted by atomic mass is 10.0. The molecule has 0 atom stereocenters. The van der Waals surface area contributed by atoms with E-state index in [4.69, 9.17) is 5.10 Å². The standard InChI is InChI=1S/C22H23N3O2/c1-15-8-9-17(14-20(15)26)22(27)25-12-10-18-19(11-13-25)24(2)23-21(18)16-6-4-3-5-7-16/h3-9,14,26H,10-13H2,1-2H3. The van der Waals surface area contributed by atoms with Crippen LogP contribution in [0.3, 0.4) is 0 Å². The predicted octanol–water partition coefficient (Wildman–Crippen LogP) is 3.34. The number of rotatable bonds is 2. The van der Waals surface area contributed by atoms with Crippen LogP contribution in [0.5, 0.6) is 5.75 Å². The van der Waals surface area contributed by atoms with E-state index in [0.29, 0.717) is 18.7 Å². The summed E-state index contributed by atoms with van der Waals surface area (Å²) in [5.74, 6) is 0.127. The van der Waals surface area contributed by atoms with Crippen LogP contribution in [-0.4, -0.2) is 38.8 Å². The van der Waals surface area contributed by atoms with E-state index in [0.717, 1.165) is 29.7 Å². The van der Waals surface area contributed by atoms with Crippen molar-refractivity contribution in [3.8, 4) is 17.0 Å². The molecule has 0 bridgehead atoms. The first-order chi connectivity index (χ1) is 13.0. The summed E-state index contributed by atoms with van der Waals surface area (Å²) in [7, 11) is 1.97. The van der Waals surface area contributed by atoms with Crippen LogP contribution < -0.4 is 0 Å². The first-order valence-electron chi connectivity index (χ1n) is 9.23. The first kappa shape index (κ1) is 17.3. The van der Waals surface area contributed by atoms with Gasteiger partial charge in [0.05, 0.1) is 5.69 Å². The van der Waals surface area contributed by atoms with Crippen LogP contribution in [0.2, 0.25) is 0 Å². The largest absolute Gasteiger partial charge is 0.508 e. The number of phenolic OH excluding ortho intramolecular Hbond substituents is 1. The van der Waals surface area contributed by atoms with Crippen molar-refractivity contribution < 1.29 is 9.90 Å². The minimum atomic E-state index is -0.0349. The van der Waals surface area contributed by atoms with Gasteiger partial charge in [-0.2, -0.15) is 5.10 Å². The van der Waals surface area contributed by atoms with Gasteiger partial charge in [0.1, 0.15) is 5.75 Å². The summed E-state index contributed by atoms with van der Waals surface area (Å²) in [5, 5.41) is 14.7. The topological polar surface area (TPSA) is 58.4 Å². The predicted molar refractivity (Wildman–Crippen MR) is 105 cm³/mol. The minimum Gasteiger partial charge on any atom is -0.508 e. The number of hydrogen-bond donors (Lipinski definition) is 1. The molecular formula is C22H23N3O2. The summed E-state index contributed by atoms with van der Waals surface area (Å²) >= 11 is 0. The molecule has 0 aliphatic carbocycles. The zero-order valence-corrected chi connectivity index (χ0v) is 15.6. The summed E-state index contributed by atoms with van der Waals surface area (Å²) in [4.78, 5) is 14.8. The maximum Gasteiger partial charge on any atom is 0.254 e. The molecule has 5 nitrogen and oxygen atoms in total. The van der Waals surface area contributed by atoms with Gasteiger partial charge in [-0.25, -0.2) is 0 Å². The molecule has 0 fully saturated rings. The SMILES string of the molecule is Cc1ccc(C(=O)N2CCc3c(-c4ccccc4)nn(C)c3CC2)cc1O. The molecule has 0 unspecified atom stereocenters. The van der Waals surface area contributed by atoms with Gasteiger partial charge in [-0.05, 0) is 31.0 Å². The minimum absolute atomic E-state index is 0.0349. The van der Waals surface area contributed by atoms with Crippen LogP contribution in [-0.2, 0) is 19.9 Å². The molecule has 1 N–H and O–H groups in total. The van der Waals surface area contributed by atoms with Gasteiger partial charge in [-0.3, -0.25) is 9.48 Å².